The third-order valence-electron chi connectivity index (χ3n) is 5.37. The van der Waals surface area contributed by atoms with Crippen molar-refractivity contribution < 1.29 is 18.8 Å². The molecule has 150 valence electrons. The van der Waals surface area contributed by atoms with E-state index in [0.717, 1.165) is 30.3 Å². The van der Waals surface area contributed by atoms with Crippen molar-refractivity contribution in [2.75, 3.05) is 33.4 Å². The number of aromatic nitrogens is 2. The molecule has 1 aromatic carbocycles. The van der Waals surface area contributed by atoms with Crippen molar-refractivity contribution in [2.45, 2.75) is 38.0 Å². The van der Waals surface area contributed by atoms with Crippen LogP contribution in [0.25, 0.3) is 0 Å². The van der Waals surface area contributed by atoms with Gasteiger partial charge in [-0.2, -0.15) is 4.98 Å². The monoisotopic (exact) mass is 385 g/mol. The topological polar surface area (TPSA) is 77.7 Å². The largest absolute Gasteiger partial charge is 0.497 e. The van der Waals surface area contributed by atoms with Crippen LogP contribution in [0.3, 0.4) is 0 Å². The molecule has 4 rings (SSSR count). The molecule has 1 aliphatic heterocycles. The van der Waals surface area contributed by atoms with Crippen molar-refractivity contribution in [2.24, 2.45) is 5.92 Å². The smallest absolute Gasteiger partial charge is 0.233 e. The van der Waals surface area contributed by atoms with E-state index in [9.17, 15) is 4.79 Å². The maximum Gasteiger partial charge on any atom is 0.233 e. The molecule has 0 N–H and O–H groups in total. The maximum atomic E-state index is 12.4. The number of hydrogen-bond acceptors (Lipinski definition) is 6. The number of nitrogens with zero attached hydrogens (tertiary/aromatic N) is 3. The Labute approximate surface area is 165 Å². The molecule has 0 atom stereocenters. The summed E-state index contributed by atoms with van der Waals surface area (Å²) in [5.74, 6) is 3.24. The fraction of sp³-hybridized carbons (Fsp3) is 0.571. The average Bonchev–Trinajstić information content (AvgIpc) is 3.40. The van der Waals surface area contributed by atoms with Gasteiger partial charge in [0.2, 0.25) is 11.8 Å². The number of likely N-dealkylation sites (tertiary alicyclic amines) is 1. The number of carbonyl (C=O) groups excluding carboxylic acids is 1. The van der Waals surface area contributed by atoms with Gasteiger partial charge in [-0.05, 0) is 42.9 Å². The molecule has 2 aliphatic rings. The van der Waals surface area contributed by atoms with Gasteiger partial charge in [-0.25, -0.2) is 0 Å². The van der Waals surface area contributed by atoms with Gasteiger partial charge in [0.25, 0.3) is 0 Å². The van der Waals surface area contributed by atoms with Crippen LogP contribution < -0.4 is 4.74 Å². The van der Waals surface area contributed by atoms with Crippen molar-refractivity contribution >= 4 is 5.91 Å². The lowest BCUT2D eigenvalue weighted by Gasteiger charge is -2.37. The summed E-state index contributed by atoms with van der Waals surface area (Å²) >= 11 is 0. The lowest BCUT2D eigenvalue weighted by molar-refractivity contribution is -0.135. The second-order valence-corrected chi connectivity index (χ2v) is 7.66. The summed E-state index contributed by atoms with van der Waals surface area (Å²) in [5.41, 5.74) is 1.14. The van der Waals surface area contributed by atoms with Gasteiger partial charge in [-0.3, -0.25) is 4.79 Å². The minimum atomic E-state index is 0.151. The van der Waals surface area contributed by atoms with E-state index >= 15 is 0 Å². The molecule has 1 aromatic heterocycles. The van der Waals surface area contributed by atoms with Gasteiger partial charge in [0.15, 0.2) is 5.82 Å². The minimum Gasteiger partial charge on any atom is -0.497 e. The Hall–Kier alpha value is -2.41. The number of carbonyl (C=O) groups is 1. The molecule has 1 saturated heterocycles. The molecule has 7 heteroatoms. The highest BCUT2D eigenvalue weighted by Crippen LogP contribution is 2.29. The molecular weight excluding hydrogens is 358 g/mol. The van der Waals surface area contributed by atoms with Crippen LogP contribution in [-0.2, 0) is 22.4 Å². The summed E-state index contributed by atoms with van der Waals surface area (Å²) in [6.45, 7) is 2.79. The van der Waals surface area contributed by atoms with Gasteiger partial charge in [0, 0.05) is 32.5 Å². The Bertz CT molecular complexity index is 779. The highest BCUT2D eigenvalue weighted by Gasteiger charge is 2.35. The van der Waals surface area contributed by atoms with Crippen molar-refractivity contribution in [3.05, 3.63) is 41.5 Å². The van der Waals surface area contributed by atoms with Gasteiger partial charge in [-0.1, -0.05) is 17.3 Å². The van der Waals surface area contributed by atoms with E-state index in [-0.39, 0.29) is 11.8 Å². The van der Waals surface area contributed by atoms with Crippen LogP contribution in [0.2, 0.25) is 0 Å². The summed E-state index contributed by atoms with van der Waals surface area (Å²) in [6, 6.07) is 7.84. The van der Waals surface area contributed by atoms with E-state index in [2.05, 4.69) is 10.1 Å². The van der Waals surface area contributed by atoms with Crippen LogP contribution in [0, 0.1) is 5.92 Å². The maximum absolute atomic E-state index is 12.4. The quantitative estimate of drug-likeness (QED) is 0.585. The third-order valence-corrected chi connectivity index (χ3v) is 5.37. The molecule has 28 heavy (non-hydrogen) atoms. The lowest BCUT2D eigenvalue weighted by Crippen LogP contribution is -2.48. The standard InChI is InChI=1S/C21H27N3O4/c1-26-18-7-4-15(5-8-18)6-9-20(25)24-12-17(13-24)21-22-19(23-28-21)10-11-27-14-16-2-3-16/h4-5,7-8,16-17H,2-3,6,9-14H2,1H3. The first-order chi connectivity index (χ1) is 13.7. The van der Waals surface area contributed by atoms with E-state index in [1.165, 1.54) is 12.8 Å². The van der Waals surface area contributed by atoms with Crippen LogP contribution >= 0.6 is 0 Å². The summed E-state index contributed by atoms with van der Waals surface area (Å²) in [5, 5.41) is 4.03. The van der Waals surface area contributed by atoms with Crippen molar-refractivity contribution in [3.8, 4) is 5.75 Å². The van der Waals surface area contributed by atoms with Gasteiger partial charge in [-0.15, -0.1) is 0 Å². The molecule has 1 amide bonds. The zero-order valence-corrected chi connectivity index (χ0v) is 16.3. The first-order valence-electron chi connectivity index (χ1n) is 10.0. The molecule has 2 heterocycles. The Morgan fingerprint density at radius 3 is 2.71 bits per heavy atom. The van der Waals surface area contributed by atoms with E-state index < -0.39 is 0 Å². The molecule has 0 radical (unpaired) electrons. The van der Waals surface area contributed by atoms with Gasteiger partial charge >= 0.3 is 0 Å². The number of rotatable bonds is 10. The zero-order chi connectivity index (χ0) is 19.3. The van der Waals surface area contributed by atoms with Crippen LogP contribution in [0.5, 0.6) is 5.75 Å². The Balaban J connectivity index is 1.15. The Morgan fingerprint density at radius 2 is 2.00 bits per heavy atom. The average molecular weight is 385 g/mol. The lowest BCUT2D eigenvalue weighted by atomic mass is 9.99. The minimum absolute atomic E-state index is 0.151. The van der Waals surface area contributed by atoms with Crippen molar-refractivity contribution in [1.82, 2.24) is 15.0 Å². The predicted octanol–water partition coefficient (Wildman–Crippen LogP) is 2.61. The van der Waals surface area contributed by atoms with Gasteiger partial charge in [0.1, 0.15) is 5.75 Å². The SMILES string of the molecule is COc1ccc(CCC(=O)N2CC(c3nc(CCOCC4CC4)no3)C2)cc1. The summed E-state index contributed by atoms with van der Waals surface area (Å²) in [6.07, 6.45) is 4.50. The third kappa shape index (κ3) is 4.90. The first kappa shape index (κ1) is 18.9. The Kier molecular flexibility index (Phi) is 5.90. The van der Waals surface area contributed by atoms with Crippen LogP contribution in [0.15, 0.2) is 28.8 Å². The highest BCUT2D eigenvalue weighted by molar-refractivity contribution is 5.77. The van der Waals surface area contributed by atoms with E-state index in [1.807, 2.05) is 29.2 Å². The fourth-order valence-corrected chi connectivity index (χ4v) is 3.27. The molecule has 0 unspecified atom stereocenters. The van der Waals surface area contributed by atoms with Crippen LogP contribution in [0.1, 0.15) is 42.5 Å². The van der Waals surface area contributed by atoms with Gasteiger partial charge < -0.3 is 18.9 Å². The first-order valence-corrected chi connectivity index (χ1v) is 10.0. The second-order valence-electron chi connectivity index (χ2n) is 7.66. The molecule has 2 aromatic rings. The Morgan fingerprint density at radius 1 is 1.21 bits per heavy atom. The predicted molar refractivity (Wildman–Crippen MR) is 102 cm³/mol. The molecule has 7 nitrogen and oxygen atoms in total. The molecule has 0 bridgehead atoms. The highest BCUT2D eigenvalue weighted by atomic mass is 16.5. The number of aryl methyl sites for hydroxylation is 1. The van der Waals surface area contributed by atoms with E-state index in [4.69, 9.17) is 14.0 Å². The van der Waals surface area contributed by atoms with Gasteiger partial charge in [0.05, 0.1) is 19.6 Å². The number of benzene rings is 1. The van der Waals surface area contributed by atoms with Crippen molar-refractivity contribution in [1.29, 1.82) is 0 Å². The van der Waals surface area contributed by atoms with E-state index in [1.54, 1.807) is 7.11 Å². The molecule has 1 saturated carbocycles. The fourth-order valence-electron chi connectivity index (χ4n) is 3.27. The molecule has 0 spiro atoms. The number of hydrogen-bond donors (Lipinski definition) is 0. The second kappa shape index (κ2) is 8.73. The van der Waals surface area contributed by atoms with Crippen molar-refractivity contribution in [3.63, 3.8) is 0 Å². The molecule has 2 fully saturated rings. The normalized spacial score (nSPS) is 16.8. The number of methoxy groups -OCH3 is 1. The van der Waals surface area contributed by atoms with Crippen LogP contribution in [-0.4, -0.2) is 54.4 Å². The number of ether oxygens (including phenoxy) is 2. The summed E-state index contributed by atoms with van der Waals surface area (Å²) in [4.78, 5) is 18.7. The zero-order valence-electron chi connectivity index (χ0n) is 16.3. The number of amides is 1. The molecule has 1 aliphatic carbocycles. The summed E-state index contributed by atoms with van der Waals surface area (Å²) < 4.78 is 16.1. The molecular formula is C21H27N3O4. The van der Waals surface area contributed by atoms with Crippen LogP contribution in [0.4, 0.5) is 0 Å². The summed E-state index contributed by atoms with van der Waals surface area (Å²) in [7, 11) is 1.65. The van der Waals surface area contributed by atoms with E-state index in [0.29, 0.717) is 44.3 Å².